The molecule has 0 aliphatic heterocycles. The first-order valence-electron chi connectivity index (χ1n) is 10.6. The van der Waals surface area contributed by atoms with Crippen molar-refractivity contribution in [2.45, 2.75) is 17.4 Å². The van der Waals surface area contributed by atoms with Crippen molar-refractivity contribution in [1.29, 1.82) is 0 Å². The number of ether oxygens (including phenoxy) is 1. The van der Waals surface area contributed by atoms with Crippen molar-refractivity contribution >= 4 is 27.1 Å². The third kappa shape index (κ3) is 6.24. The van der Waals surface area contributed by atoms with Gasteiger partial charge in [-0.25, -0.2) is 8.42 Å². The minimum absolute atomic E-state index is 0.0512. The number of methoxy groups -OCH3 is 1. The molecule has 0 saturated carbocycles. The molecule has 2 N–H and O–H groups in total. The van der Waals surface area contributed by atoms with Crippen LogP contribution in [-0.4, -0.2) is 52.0 Å². The average molecular weight is 485 g/mol. The largest absolute Gasteiger partial charge is 0.495 e. The Morgan fingerprint density at radius 1 is 1.00 bits per heavy atom. The van der Waals surface area contributed by atoms with E-state index < -0.39 is 14.9 Å². The van der Waals surface area contributed by atoms with E-state index in [0.717, 1.165) is 18.1 Å². The molecular formula is C24H28N4O5S. The number of benzene rings is 3. The van der Waals surface area contributed by atoms with E-state index in [-0.39, 0.29) is 28.0 Å². The zero-order valence-electron chi connectivity index (χ0n) is 19.3. The van der Waals surface area contributed by atoms with Gasteiger partial charge in [0.25, 0.3) is 15.7 Å². The summed E-state index contributed by atoms with van der Waals surface area (Å²) in [7, 11) is 1.16. The predicted octanol–water partition coefficient (Wildman–Crippen LogP) is 3.99. The molecule has 3 rings (SSSR count). The Morgan fingerprint density at radius 3 is 2.32 bits per heavy atom. The summed E-state index contributed by atoms with van der Waals surface area (Å²) in [5.41, 5.74) is 1.34. The van der Waals surface area contributed by atoms with Crippen LogP contribution in [0.25, 0.3) is 0 Å². The summed E-state index contributed by atoms with van der Waals surface area (Å²) in [5, 5.41) is 14.5. The molecule has 180 valence electrons. The van der Waals surface area contributed by atoms with Crippen LogP contribution in [0.5, 0.6) is 5.75 Å². The standard InChI is InChI=1S/C24H28N4O5S/c1-27(2)20(15-18-9-5-4-6-10-18)17-25-22-14-13-19(28(29)30)16-24(22)34(31,32)26-21-11-7-8-12-23(21)33-3/h4-14,16,20,25-26H,15,17H2,1-3H3. The number of non-ortho nitro benzene ring substituents is 1. The fourth-order valence-electron chi connectivity index (χ4n) is 3.47. The van der Waals surface area contributed by atoms with E-state index in [4.69, 9.17) is 4.74 Å². The lowest BCUT2D eigenvalue weighted by molar-refractivity contribution is -0.385. The van der Waals surface area contributed by atoms with Crippen LogP contribution < -0.4 is 14.8 Å². The minimum atomic E-state index is -4.17. The molecule has 0 spiro atoms. The van der Waals surface area contributed by atoms with Crippen LogP contribution in [0.4, 0.5) is 17.1 Å². The quantitative estimate of drug-likeness (QED) is 0.312. The number of anilines is 2. The van der Waals surface area contributed by atoms with Gasteiger partial charge in [-0.2, -0.15) is 0 Å². The van der Waals surface area contributed by atoms with Crippen LogP contribution in [-0.2, 0) is 16.4 Å². The highest BCUT2D eigenvalue weighted by atomic mass is 32.2. The number of para-hydroxylation sites is 2. The maximum absolute atomic E-state index is 13.3. The van der Waals surface area contributed by atoms with Gasteiger partial charge in [0, 0.05) is 24.7 Å². The summed E-state index contributed by atoms with van der Waals surface area (Å²) < 4.78 is 34.3. The summed E-state index contributed by atoms with van der Waals surface area (Å²) in [5.74, 6) is 0.335. The molecule has 0 radical (unpaired) electrons. The second-order valence-electron chi connectivity index (χ2n) is 7.93. The van der Waals surface area contributed by atoms with E-state index in [2.05, 4.69) is 10.0 Å². The van der Waals surface area contributed by atoms with E-state index >= 15 is 0 Å². The highest BCUT2D eigenvalue weighted by Crippen LogP contribution is 2.31. The summed E-state index contributed by atoms with van der Waals surface area (Å²) in [6.45, 7) is 0.427. The third-order valence-electron chi connectivity index (χ3n) is 5.39. The van der Waals surface area contributed by atoms with E-state index in [1.54, 1.807) is 24.3 Å². The van der Waals surface area contributed by atoms with Gasteiger partial charge in [0.1, 0.15) is 10.6 Å². The van der Waals surface area contributed by atoms with Gasteiger partial charge in [0.2, 0.25) is 0 Å². The molecule has 1 unspecified atom stereocenters. The zero-order valence-corrected chi connectivity index (χ0v) is 20.1. The molecule has 0 fully saturated rings. The van der Waals surface area contributed by atoms with Crippen LogP contribution >= 0.6 is 0 Å². The molecule has 0 aromatic heterocycles. The molecule has 9 nitrogen and oxygen atoms in total. The van der Waals surface area contributed by atoms with E-state index in [1.165, 1.54) is 19.2 Å². The average Bonchev–Trinajstić information content (AvgIpc) is 2.82. The summed E-state index contributed by atoms with van der Waals surface area (Å²) >= 11 is 0. The van der Waals surface area contributed by atoms with Gasteiger partial charge >= 0.3 is 0 Å². The van der Waals surface area contributed by atoms with Crippen molar-refractivity contribution in [3.8, 4) is 5.75 Å². The molecule has 3 aromatic rings. The molecule has 3 aromatic carbocycles. The highest BCUT2D eigenvalue weighted by molar-refractivity contribution is 7.93. The number of nitrogens with one attached hydrogen (secondary N) is 2. The molecular weight excluding hydrogens is 456 g/mol. The summed E-state index contributed by atoms with van der Waals surface area (Å²) in [6, 6.07) is 20.3. The van der Waals surface area contributed by atoms with Crippen LogP contribution in [0.3, 0.4) is 0 Å². The number of nitro benzene ring substituents is 1. The molecule has 0 amide bonds. The van der Waals surface area contributed by atoms with Crippen molar-refractivity contribution in [3.63, 3.8) is 0 Å². The molecule has 10 heteroatoms. The Balaban J connectivity index is 1.91. The van der Waals surface area contributed by atoms with E-state index in [1.807, 2.05) is 49.3 Å². The lowest BCUT2D eigenvalue weighted by Gasteiger charge is -2.26. The molecule has 1 atom stereocenters. The number of hydrogen-bond donors (Lipinski definition) is 2. The molecule has 34 heavy (non-hydrogen) atoms. The van der Waals surface area contributed by atoms with Gasteiger partial charge in [-0.3, -0.25) is 14.8 Å². The van der Waals surface area contributed by atoms with Gasteiger partial charge in [0.15, 0.2) is 0 Å². The minimum Gasteiger partial charge on any atom is -0.495 e. The molecule has 0 heterocycles. The van der Waals surface area contributed by atoms with Crippen LogP contribution in [0.15, 0.2) is 77.7 Å². The van der Waals surface area contributed by atoms with Crippen LogP contribution in [0.2, 0.25) is 0 Å². The van der Waals surface area contributed by atoms with Crippen molar-refractivity contribution in [3.05, 3.63) is 88.5 Å². The van der Waals surface area contributed by atoms with Gasteiger partial charge in [-0.15, -0.1) is 0 Å². The number of nitrogens with zero attached hydrogens (tertiary/aromatic N) is 2. The number of nitro groups is 1. The number of sulfonamides is 1. The van der Waals surface area contributed by atoms with Gasteiger partial charge in [0.05, 0.1) is 23.4 Å². The monoisotopic (exact) mass is 484 g/mol. The Labute approximate surface area is 199 Å². The normalized spacial score (nSPS) is 12.2. The first-order chi connectivity index (χ1) is 16.2. The Bertz CT molecular complexity index is 1230. The fourth-order valence-corrected chi connectivity index (χ4v) is 4.75. The SMILES string of the molecule is COc1ccccc1NS(=O)(=O)c1cc([N+](=O)[O-])ccc1NCC(Cc1ccccc1)N(C)C. The maximum atomic E-state index is 13.3. The lowest BCUT2D eigenvalue weighted by Crippen LogP contribution is -2.36. The Hall–Kier alpha value is -3.63. The molecule has 0 aliphatic carbocycles. The number of hydrogen-bond acceptors (Lipinski definition) is 7. The summed E-state index contributed by atoms with van der Waals surface area (Å²) in [4.78, 5) is 12.6. The first-order valence-corrected chi connectivity index (χ1v) is 12.1. The van der Waals surface area contributed by atoms with Crippen LogP contribution in [0, 0.1) is 10.1 Å². The van der Waals surface area contributed by atoms with E-state index in [0.29, 0.717) is 12.3 Å². The maximum Gasteiger partial charge on any atom is 0.270 e. The van der Waals surface area contributed by atoms with E-state index in [9.17, 15) is 18.5 Å². The Morgan fingerprint density at radius 2 is 1.68 bits per heavy atom. The van der Waals surface area contributed by atoms with Gasteiger partial charge in [-0.05, 0) is 44.3 Å². The smallest absolute Gasteiger partial charge is 0.270 e. The summed E-state index contributed by atoms with van der Waals surface area (Å²) in [6.07, 6.45) is 0.745. The second kappa shape index (κ2) is 11.0. The molecule has 0 aliphatic rings. The Kier molecular flexibility index (Phi) is 8.08. The van der Waals surface area contributed by atoms with Gasteiger partial charge in [-0.1, -0.05) is 42.5 Å². The predicted molar refractivity (Wildman–Crippen MR) is 133 cm³/mol. The van der Waals surface area contributed by atoms with Crippen LogP contribution in [0.1, 0.15) is 5.56 Å². The number of likely N-dealkylation sites (N-methyl/N-ethyl adjacent to an activating group) is 1. The number of rotatable bonds is 11. The molecule has 0 bridgehead atoms. The topological polar surface area (TPSA) is 114 Å². The zero-order chi connectivity index (χ0) is 24.7. The van der Waals surface area contributed by atoms with Crippen molar-refractivity contribution in [1.82, 2.24) is 4.90 Å². The van der Waals surface area contributed by atoms with Gasteiger partial charge < -0.3 is 15.0 Å². The second-order valence-corrected chi connectivity index (χ2v) is 9.58. The van der Waals surface area contributed by atoms with Crippen molar-refractivity contribution in [2.75, 3.05) is 37.8 Å². The highest BCUT2D eigenvalue weighted by Gasteiger charge is 2.24. The lowest BCUT2D eigenvalue weighted by atomic mass is 10.1. The fraction of sp³-hybridized carbons (Fsp3) is 0.250. The van der Waals surface area contributed by atoms with Crippen molar-refractivity contribution in [2.24, 2.45) is 0 Å². The third-order valence-corrected chi connectivity index (χ3v) is 6.79. The first kappa shape index (κ1) is 25.0. The van der Waals surface area contributed by atoms with Crippen molar-refractivity contribution < 1.29 is 18.1 Å². The molecule has 0 saturated heterocycles.